The third-order valence-electron chi connectivity index (χ3n) is 3.47. The lowest BCUT2D eigenvalue weighted by Crippen LogP contribution is -2.31. The van der Waals surface area contributed by atoms with Gasteiger partial charge < -0.3 is 19.2 Å². The second-order valence-electron chi connectivity index (χ2n) is 4.83. The lowest BCUT2D eigenvalue weighted by atomic mass is 10.2. The summed E-state index contributed by atoms with van der Waals surface area (Å²) in [5.41, 5.74) is 0.595. The molecule has 1 atom stereocenters. The highest BCUT2D eigenvalue weighted by atomic mass is 16.5. The minimum Gasteiger partial charge on any atom is -0.493 e. The fraction of sp³-hybridized carbons (Fsp3) is 0.400. The van der Waals surface area contributed by atoms with E-state index in [1.807, 2.05) is 12.1 Å². The third kappa shape index (κ3) is 2.49. The van der Waals surface area contributed by atoms with Gasteiger partial charge in [-0.1, -0.05) is 12.1 Å². The van der Waals surface area contributed by atoms with Gasteiger partial charge >= 0.3 is 0 Å². The summed E-state index contributed by atoms with van der Waals surface area (Å²) in [4.78, 5) is 12.1. The normalized spacial score (nSPS) is 18.4. The summed E-state index contributed by atoms with van der Waals surface area (Å²) in [6, 6.07) is 7.28. The Bertz CT molecular complexity index is 613. The van der Waals surface area contributed by atoms with E-state index in [4.69, 9.17) is 13.9 Å². The van der Waals surface area contributed by atoms with Gasteiger partial charge in [0, 0.05) is 18.5 Å². The van der Waals surface area contributed by atoms with Crippen LogP contribution in [-0.4, -0.2) is 32.3 Å². The molecule has 0 radical (unpaired) electrons. The lowest BCUT2D eigenvalue weighted by molar-refractivity contribution is 0.0837. The number of hydrogen-bond donors (Lipinski definition) is 1. The quantitative estimate of drug-likeness (QED) is 0.930. The van der Waals surface area contributed by atoms with Crippen molar-refractivity contribution in [2.45, 2.75) is 18.9 Å². The minimum atomic E-state index is -0.223. The maximum Gasteiger partial charge on any atom is 0.287 e. The van der Waals surface area contributed by atoms with Gasteiger partial charge in [-0.05, 0) is 25.0 Å². The first-order chi connectivity index (χ1) is 9.78. The van der Waals surface area contributed by atoms with Crippen molar-refractivity contribution < 1.29 is 18.7 Å². The Labute approximate surface area is 116 Å². The molecule has 0 aliphatic carbocycles. The summed E-state index contributed by atoms with van der Waals surface area (Å²) in [6.45, 7) is 1.30. The topological polar surface area (TPSA) is 60.7 Å². The van der Waals surface area contributed by atoms with E-state index in [2.05, 4.69) is 5.32 Å². The summed E-state index contributed by atoms with van der Waals surface area (Å²) in [5.74, 6) is 0.696. The molecule has 0 unspecified atom stereocenters. The van der Waals surface area contributed by atoms with Crippen molar-refractivity contribution in [2.24, 2.45) is 0 Å². The fourth-order valence-corrected chi connectivity index (χ4v) is 2.41. The van der Waals surface area contributed by atoms with Crippen molar-refractivity contribution in [3.63, 3.8) is 0 Å². The highest BCUT2D eigenvalue weighted by molar-refractivity contribution is 5.97. The predicted octanol–water partition coefficient (Wildman–Crippen LogP) is 2.35. The molecule has 2 heterocycles. The molecule has 5 nitrogen and oxygen atoms in total. The second kappa shape index (κ2) is 5.54. The van der Waals surface area contributed by atoms with Gasteiger partial charge in [-0.3, -0.25) is 4.79 Å². The van der Waals surface area contributed by atoms with Crippen LogP contribution in [0.1, 0.15) is 23.4 Å². The van der Waals surface area contributed by atoms with E-state index in [1.54, 1.807) is 19.2 Å². The van der Waals surface area contributed by atoms with Crippen LogP contribution in [0, 0.1) is 0 Å². The number of nitrogens with one attached hydrogen (secondary N) is 1. The molecular weight excluding hydrogens is 258 g/mol. The Morgan fingerprint density at radius 3 is 3.15 bits per heavy atom. The molecule has 1 aromatic carbocycles. The predicted molar refractivity (Wildman–Crippen MR) is 74.1 cm³/mol. The van der Waals surface area contributed by atoms with E-state index in [1.165, 1.54) is 0 Å². The van der Waals surface area contributed by atoms with Crippen LogP contribution >= 0.6 is 0 Å². The summed E-state index contributed by atoms with van der Waals surface area (Å²) >= 11 is 0. The first-order valence-electron chi connectivity index (χ1n) is 6.74. The Hall–Kier alpha value is -2.01. The number of fused-ring (bicyclic) bond motifs is 1. The minimum absolute atomic E-state index is 0.123. The van der Waals surface area contributed by atoms with Gasteiger partial charge in [0.1, 0.15) is 0 Å². The van der Waals surface area contributed by atoms with Crippen LogP contribution in [0.2, 0.25) is 0 Å². The van der Waals surface area contributed by atoms with Crippen molar-refractivity contribution in [1.29, 1.82) is 0 Å². The molecule has 1 aromatic heterocycles. The average Bonchev–Trinajstić information content (AvgIpc) is 3.12. The largest absolute Gasteiger partial charge is 0.493 e. The Morgan fingerprint density at radius 2 is 2.40 bits per heavy atom. The number of amides is 1. The molecule has 2 aromatic rings. The summed E-state index contributed by atoms with van der Waals surface area (Å²) in [5, 5.41) is 3.69. The van der Waals surface area contributed by atoms with E-state index in [9.17, 15) is 4.79 Å². The molecule has 1 N–H and O–H groups in total. The van der Waals surface area contributed by atoms with Crippen LogP contribution < -0.4 is 10.1 Å². The number of carbonyl (C=O) groups is 1. The van der Waals surface area contributed by atoms with Crippen molar-refractivity contribution in [3.8, 4) is 5.75 Å². The Balaban J connectivity index is 1.74. The van der Waals surface area contributed by atoms with Gasteiger partial charge in [-0.2, -0.15) is 0 Å². The number of ether oxygens (including phenoxy) is 2. The van der Waals surface area contributed by atoms with Crippen LogP contribution in [0.4, 0.5) is 0 Å². The molecule has 1 amide bonds. The monoisotopic (exact) mass is 275 g/mol. The van der Waals surface area contributed by atoms with E-state index in [0.717, 1.165) is 24.8 Å². The summed E-state index contributed by atoms with van der Waals surface area (Å²) in [6.07, 6.45) is 2.18. The molecule has 0 spiro atoms. The van der Waals surface area contributed by atoms with Gasteiger partial charge in [-0.25, -0.2) is 0 Å². The summed E-state index contributed by atoms with van der Waals surface area (Å²) < 4.78 is 16.3. The molecule has 0 bridgehead atoms. The SMILES string of the molecule is COc1cccc2cc(C(=O)NC[C@H]3CCCO3)oc12. The molecule has 20 heavy (non-hydrogen) atoms. The number of hydrogen-bond acceptors (Lipinski definition) is 4. The zero-order chi connectivity index (χ0) is 13.9. The van der Waals surface area contributed by atoms with Crippen molar-refractivity contribution in [2.75, 3.05) is 20.3 Å². The Morgan fingerprint density at radius 1 is 1.50 bits per heavy atom. The van der Waals surface area contributed by atoms with Crippen molar-refractivity contribution >= 4 is 16.9 Å². The molecule has 3 rings (SSSR count). The number of para-hydroxylation sites is 1. The van der Waals surface area contributed by atoms with E-state index < -0.39 is 0 Å². The highest BCUT2D eigenvalue weighted by Gasteiger charge is 2.19. The molecule has 1 aliphatic heterocycles. The van der Waals surface area contributed by atoms with Crippen LogP contribution in [-0.2, 0) is 4.74 Å². The van der Waals surface area contributed by atoms with Crippen LogP contribution in [0.25, 0.3) is 11.0 Å². The lowest BCUT2D eigenvalue weighted by Gasteiger charge is -2.09. The van der Waals surface area contributed by atoms with E-state index in [-0.39, 0.29) is 12.0 Å². The number of benzene rings is 1. The van der Waals surface area contributed by atoms with Gasteiger partial charge in [-0.15, -0.1) is 0 Å². The second-order valence-corrected chi connectivity index (χ2v) is 4.83. The van der Waals surface area contributed by atoms with Gasteiger partial charge in [0.15, 0.2) is 17.1 Å². The molecule has 1 fully saturated rings. The standard InChI is InChI=1S/C15H17NO4/c1-18-12-6-2-4-10-8-13(20-14(10)12)15(17)16-9-11-5-3-7-19-11/h2,4,6,8,11H,3,5,7,9H2,1H3,(H,16,17)/t11-/m1/s1. The maximum atomic E-state index is 12.1. The molecular formula is C15H17NO4. The van der Waals surface area contributed by atoms with E-state index >= 15 is 0 Å². The maximum absolute atomic E-state index is 12.1. The van der Waals surface area contributed by atoms with Crippen LogP contribution in [0.15, 0.2) is 28.7 Å². The molecule has 1 aliphatic rings. The van der Waals surface area contributed by atoms with Crippen LogP contribution in [0.5, 0.6) is 5.75 Å². The number of methoxy groups -OCH3 is 1. The smallest absolute Gasteiger partial charge is 0.287 e. The molecule has 5 heteroatoms. The van der Waals surface area contributed by atoms with Crippen molar-refractivity contribution in [1.82, 2.24) is 5.32 Å². The van der Waals surface area contributed by atoms with Gasteiger partial charge in [0.2, 0.25) is 0 Å². The average molecular weight is 275 g/mol. The zero-order valence-corrected chi connectivity index (χ0v) is 11.3. The molecule has 106 valence electrons. The summed E-state index contributed by atoms with van der Waals surface area (Å²) in [7, 11) is 1.58. The Kier molecular flexibility index (Phi) is 3.60. The van der Waals surface area contributed by atoms with Gasteiger partial charge in [0.25, 0.3) is 5.91 Å². The first kappa shape index (κ1) is 13.0. The molecule has 1 saturated heterocycles. The number of rotatable bonds is 4. The number of carbonyl (C=O) groups excluding carboxylic acids is 1. The first-order valence-corrected chi connectivity index (χ1v) is 6.74. The third-order valence-corrected chi connectivity index (χ3v) is 3.47. The highest BCUT2D eigenvalue weighted by Crippen LogP contribution is 2.28. The van der Waals surface area contributed by atoms with Crippen LogP contribution in [0.3, 0.4) is 0 Å². The van der Waals surface area contributed by atoms with Crippen molar-refractivity contribution in [3.05, 3.63) is 30.0 Å². The van der Waals surface area contributed by atoms with E-state index in [0.29, 0.717) is 23.6 Å². The fourth-order valence-electron chi connectivity index (χ4n) is 2.41. The number of furan rings is 1. The zero-order valence-electron chi connectivity index (χ0n) is 11.3. The van der Waals surface area contributed by atoms with Gasteiger partial charge in [0.05, 0.1) is 13.2 Å². The molecule has 0 saturated carbocycles.